The minimum Gasteiger partial charge on any atom is -0.264 e. The number of fused-ring (bicyclic) bond motifs is 15. The number of pyridine rings is 2. The summed E-state index contributed by atoms with van der Waals surface area (Å²) in [5, 5.41) is 0. The van der Waals surface area contributed by atoms with E-state index >= 15 is 0 Å². The van der Waals surface area contributed by atoms with Gasteiger partial charge < -0.3 is 0 Å². The Labute approximate surface area is 370 Å². The quantitative estimate of drug-likeness (QED) is 0.175. The molecule has 64 heavy (non-hydrogen) atoms. The van der Waals surface area contributed by atoms with Crippen LogP contribution >= 0.6 is 0 Å². The lowest BCUT2D eigenvalue weighted by Gasteiger charge is -2.35. The van der Waals surface area contributed by atoms with E-state index in [4.69, 9.17) is 15.0 Å². The first-order chi connectivity index (χ1) is 31.5. The van der Waals surface area contributed by atoms with Crippen LogP contribution in [0.4, 0.5) is 0 Å². The topological polar surface area (TPSA) is 85.7 Å². The summed E-state index contributed by atoms with van der Waals surface area (Å²) >= 11 is 0. The van der Waals surface area contributed by atoms with E-state index in [0.717, 1.165) is 106 Å². The van der Waals surface area contributed by atoms with Crippen LogP contribution in [0.1, 0.15) is 22.3 Å². The van der Waals surface area contributed by atoms with Gasteiger partial charge in [-0.25, -0.2) is 18.4 Å². The second-order valence-electron chi connectivity index (χ2n) is 16.5. The van der Waals surface area contributed by atoms with Gasteiger partial charge in [-0.1, -0.05) is 133 Å². The maximum Gasteiger partial charge on any atom is 0.207 e. The summed E-state index contributed by atoms with van der Waals surface area (Å²) < 4.78 is 29.1. The summed E-state index contributed by atoms with van der Waals surface area (Å²) in [6.07, 6.45) is 5.43. The highest BCUT2D eigenvalue weighted by atomic mass is 32.2. The molecule has 1 aliphatic heterocycles. The second kappa shape index (κ2) is 13.7. The zero-order valence-electron chi connectivity index (χ0n) is 34.1. The molecule has 13 rings (SSSR count). The predicted octanol–water partition coefficient (Wildman–Crippen LogP) is 12.8. The molecule has 0 saturated carbocycles. The Bertz CT molecular complexity index is 3680. The smallest absolute Gasteiger partial charge is 0.207 e. The van der Waals surface area contributed by atoms with Gasteiger partial charge in [0.15, 0.2) is 5.82 Å². The van der Waals surface area contributed by atoms with Crippen molar-refractivity contribution in [1.29, 1.82) is 0 Å². The van der Waals surface area contributed by atoms with Crippen molar-refractivity contribution < 1.29 is 8.42 Å². The molecule has 3 aliphatic rings. The summed E-state index contributed by atoms with van der Waals surface area (Å²) in [5.74, 6) is 0.599. The summed E-state index contributed by atoms with van der Waals surface area (Å²) in [4.78, 5) is 20.3. The van der Waals surface area contributed by atoms with Crippen molar-refractivity contribution in [2.45, 2.75) is 15.2 Å². The van der Waals surface area contributed by atoms with Crippen molar-refractivity contribution >= 4 is 9.84 Å². The summed E-state index contributed by atoms with van der Waals surface area (Å²) in [5.41, 5.74) is 17.2. The monoisotopic (exact) mass is 838 g/mol. The largest absolute Gasteiger partial charge is 0.264 e. The molecule has 0 N–H and O–H groups in total. The molecule has 1 spiro atoms. The highest BCUT2D eigenvalue weighted by molar-refractivity contribution is 7.92. The first kappa shape index (κ1) is 36.5. The Hall–Kier alpha value is -8.13. The van der Waals surface area contributed by atoms with Crippen molar-refractivity contribution in [2.24, 2.45) is 0 Å². The molecule has 6 nitrogen and oxygen atoms in total. The number of benzene rings is 7. The fourth-order valence-corrected chi connectivity index (χ4v) is 12.1. The maximum absolute atomic E-state index is 14.6. The molecule has 3 aromatic heterocycles. The van der Waals surface area contributed by atoms with E-state index in [-0.39, 0.29) is 0 Å². The van der Waals surface area contributed by atoms with Gasteiger partial charge in [-0.15, -0.1) is 0 Å². The molecule has 2 aliphatic carbocycles. The average molecular weight is 839 g/mol. The number of rotatable bonds is 4. The van der Waals surface area contributed by atoms with Crippen molar-refractivity contribution in [1.82, 2.24) is 19.9 Å². The number of hydrogen-bond donors (Lipinski definition) is 0. The first-order valence-electron chi connectivity index (χ1n) is 21.3. The molecule has 4 heterocycles. The van der Waals surface area contributed by atoms with Gasteiger partial charge in [-0.3, -0.25) is 9.97 Å². The van der Waals surface area contributed by atoms with Crippen LogP contribution in [0.15, 0.2) is 216 Å². The van der Waals surface area contributed by atoms with Crippen LogP contribution in [0, 0.1) is 0 Å². The molecule has 1 unspecified atom stereocenters. The number of aromatic nitrogens is 4. The molecule has 0 fully saturated rings. The third-order valence-corrected chi connectivity index (χ3v) is 15.1. The highest BCUT2D eigenvalue weighted by Gasteiger charge is 2.51. The minimum absolute atomic E-state index is 0.340. The van der Waals surface area contributed by atoms with Crippen LogP contribution < -0.4 is 0 Å². The van der Waals surface area contributed by atoms with Crippen molar-refractivity contribution in [2.75, 3.05) is 0 Å². The van der Waals surface area contributed by atoms with E-state index in [1.165, 1.54) is 0 Å². The van der Waals surface area contributed by atoms with E-state index in [0.29, 0.717) is 15.6 Å². The molecule has 0 saturated heterocycles. The summed E-state index contributed by atoms with van der Waals surface area (Å²) in [7, 11) is -3.80. The molecule has 1 atom stereocenters. The SMILES string of the molecule is O=S1(=O)c2ccccc2-c2cc3c(cc21)C1(c2ccccc2-c2ccccc2-c2ccc(-c4cc(-c5ccc(-c6cccnc6)nc5)nc(-c5ccccc5)n4)cc21)c1ccccc1-3. The molecule has 7 heteroatoms. The Morgan fingerprint density at radius 3 is 1.64 bits per heavy atom. The zero-order valence-corrected chi connectivity index (χ0v) is 35.0. The normalized spacial score (nSPS) is 15.5. The van der Waals surface area contributed by atoms with Gasteiger partial charge >= 0.3 is 0 Å². The number of hydrogen-bond acceptors (Lipinski definition) is 6. The molecule has 0 amide bonds. The number of nitrogens with zero attached hydrogens (tertiary/aromatic N) is 4. The van der Waals surface area contributed by atoms with Crippen LogP contribution in [-0.4, -0.2) is 28.4 Å². The molecule has 300 valence electrons. The van der Waals surface area contributed by atoms with Crippen molar-refractivity contribution in [3.63, 3.8) is 0 Å². The van der Waals surface area contributed by atoms with E-state index < -0.39 is 15.3 Å². The zero-order chi connectivity index (χ0) is 42.6. The molecular formula is C57H34N4O2S. The van der Waals surface area contributed by atoms with Gasteiger partial charge in [0, 0.05) is 52.0 Å². The Kier molecular flexibility index (Phi) is 7.81. The Balaban J connectivity index is 1.10. The molecule has 10 aromatic rings. The lowest BCUT2D eigenvalue weighted by atomic mass is 9.65. The standard InChI is InChI=1S/C57H34N4O2S/c62-64(63)54-23-11-8-20-44(54)46-30-45-42-19-7-10-22-48(42)57(50(45)31-55(46)64)47-21-9-6-18-41(47)39-16-4-5-17-40(39)43-26-24-36(29-49(43)57)52-32-53(61-56(60-52)35-13-2-1-3-14-35)38-25-27-51(59-34-38)37-15-12-28-58-33-37/h1-34H. The van der Waals surface area contributed by atoms with Gasteiger partial charge in [0.05, 0.1) is 32.3 Å². The van der Waals surface area contributed by atoms with Gasteiger partial charge in [-0.2, -0.15) is 0 Å². The van der Waals surface area contributed by atoms with Gasteiger partial charge in [-0.05, 0) is 110 Å². The maximum atomic E-state index is 14.6. The Morgan fingerprint density at radius 1 is 0.359 bits per heavy atom. The van der Waals surface area contributed by atoms with Gasteiger partial charge in [0.1, 0.15) is 0 Å². The van der Waals surface area contributed by atoms with Crippen LogP contribution in [-0.2, 0) is 15.3 Å². The molecule has 0 bridgehead atoms. The fraction of sp³-hybridized carbons (Fsp3) is 0.0175. The average Bonchev–Trinajstić information content (AvgIpc) is 3.73. The number of sulfone groups is 1. The fourth-order valence-electron chi connectivity index (χ4n) is 10.4. The van der Waals surface area contributed by atoms with Gasteiger partial charge in [0.2, 0.25) is 9.84 Å². The highest BCUT2D eigenvalue weighted by Crippen LogP contribution is 2.63. The van der Waals surface area contributed by atoms with E-state index in [9.17, 15) is 8.42 Å². The lowest BCUT2D eigenvalue weighted by molar-refractivity contribution is 0.598. The summed E-state index contributed by atoms with van der Waals surface area (Å²) in [6, 6.07) is 64.1. The van der Waals surface area contributed by atoms with Crippen LogP contribution in [0.25, 0.3) is 89.7 Å². The van der Waals surface area contributed by atoms with Crippen molar-refractivity contribution in [3.05, 3.63) is 229 Å². The third-order valence-electron chi connectivity index (χ3n) is 13.2. The van der Waals surface area contributed by atoms with Crippen LogP contribution in [0.3, 0.4) is 0 Å². The first-order valence-corrected chi connectivity index (χ1v) is 22.8. The van der Waals surface area contributed by atoms with E-state index in [1.807, 2.05) is 91.3 Å². The van der Waals surface area contributed by atoms with Gasteiger partial charge in [0.25, 0.3) is 0 Å². The van der Waals surface area contributed by atoms with E-state index in [2.05, 4.69) is 102 Å². The lowest BCUT2D eigenvalue weighted by Crippen LogP contribution is -2.29. The summed E-state index contributed by atoms with van der Waals surface area (Å²) in [6.45, 7) is 0. The minimum atomic E-state index is -3.80. The second-order valence-corrected chi connectivity index (χ2v) is 18.4. The van der Waals surface area contributed by atoms with Crippen LogP contribution in [0.5, 0.6) is 0 Å². The van der Waals surface area contributed by atoms with Crippen LogP contribution in [0.2, 0.25) is 0 Å². The predicted molar refractivity (Wildman–Crippen MR) is 252 cm³/mol. The molecule has 7 aromatic carbocycles. The van der Waals surface area contributed by atoms with Crippen molar-refractivity contribution in [3.8, 4) is 89.7 Å². The third kappa shape index (κ3) is 5.16. The van der Waals surface area contributed by atoms with E-state index in [1.54, 1.807) is 18.3 Å². The molecular weight excluding hydrogens is 805 g/mol. The Morgan fingerprint density at radius 2 is 0.938 bits per heavy atom. The molecule has 0 radical (unpaired) electrons.